The number of carbonyl (C=O) groups excluding carboxylic acids is 1. The van der Waals surface area contributed by atoms with Crippen molar-refractivity contribution in [1.82, 2.24) is 9.80 Å². The van der Waals surface area contributed by atoms with Gasteiger partial charge in [-0.05, 0) is 38.8 Å². The molecule has 0 aromatic heterocycles. The summed E-state index contributed by atoms with van der Waals surface area (Å²) in [6.45, 7) is 9.50. The third kappa shape index (κ3) is 4.10. The highest BCUT2D eigenvalue weighted by Gasteiger charge is 2.21. The molecule has 0 atom stereocenters. The first-order valence-corrected chi connectivity index (χ1v) is 6.35. The average molecular weight is 227 g/mol. The first kappa shape index (κ1) is 13.5. The standard InChI is InChI=1S/C12H25N3O/c1-3-15(11(2)16)10-12-4-7-14(8-5-12)9-6-13/h12H,3-10,13H2,1-2H3. The Hall–Kier alpha value is -0.610. The molecule has 1 fully saturated rings. The molecule has 4 heteroatoms. The van der Waals surface area contributed by atoms with Crippen LogP contribution in [-0.2, 0) is 4.79 Å². The molecule has 0 aliphatic carbocycles. The lowest BCUT2D eigenvalue weighted by Gasteiger charge is -2.34. The van der Waals surface area contributed by atoms with Gasteiger partial charge >= 0.3 is 0 Å². The van der Waals surface area contributed by atoms with Gasteiger partial charge in [0, 0.05) is 33.1 Å². The molecule has 94 valence electrons. The predicted octanol–water partition coefficient (Wildman–Crippen LogP) is 0.526. The van der Waals surface area contributed by atoms with Crippen molar-refractivity contribution < 1.29 is 4.79 Å². The number of amides is 1. The summed E-state index contributed by atoms with van der Waals surface area (Å²) in [5.74, 6) is 0.879. The van der Waals surface area contributed by atoms with Crippen LogP contribution in [0, 0.1) is 5.92 Å². The van der Waals surface area contributed by atoms with Crippen LogP contribution in [0.4, 0.5) is 0 Å². The summed E-state index contributed by atoms with van der Waals surface area (Å²) < 4.78 is 0. The van der Waals surface area contributed by atoms with E-state index in [9.17, 15) is 4.79 Å². The lowest BCUT2D eigenvalue weighted by Crippen LogP contribution is -2.41. The van der Waals surface area contributed by atoms with E-state index in [0.717, 1.165) is 39.3 Å². The number of nitrogens with zero attached hydrogens (tertiary/aromatic N) is 2. The van der Waals surface area contributed by atoms with E-state index in [-0.39, 0.29) is 5.91 Å². The molecule has 16 heavy (non-hydrogen) atoms. The third-order valence-corrected chi connectivity index (χ3v) is 3.46. The van der Waals surface area contributed by atoms with E-state index in [1.165, 1.54) is 12.8 Å². The number of carbonyl (C=O) groups is 1. The molecular weight excluding hydrogens is 202 g/mol. The monoisotopic (exact) mass is 227 g/mol. The number of rotatable bonds is 5. The molecule has 1 rings (SSSR count). The Morgan fingerprint density at radius 2 is 2.06 bits per heavy atom. The van der Waals surface area contributed by atoms with Crippen LogP contribution in [0.2, 0.25) is 0 Å². The smallest absolute Gasteiger partial charge is 0.219 e. The summed E-state index contributed by atoms with van der Waals surface area (Å²) in [6.07, 6.45) is 2.40. The summed E-state index contributed by atoms with van der Waals surface area (Å²) in [6, 6.07) is 0. The zero-order valence-corrected chi connectivity index (χ0v) is 10.6. The molecule has 1 heterocycles. The minimum Gasteiger partial charge on any atom is -0.343 e. The first-order chi connectivity index (χ1) is 7.67. The maximum Gasteiger partial charge on any atom is 0.219 e. The summed E-state index contributed by atoms with van der Waals surface area (Å²) in [5.41, 5.74) is 5.54. The van der Waals surface area contributed by atoms with Crippen molar-refractivity contribution in [3.8, 4) is 0 Å². The van der Waals surface area contributed by atoms with E-state index in [1.54, 1.807) is 6.92 Å². The average Bonchev–Trinajstić information content (AvgIpc) is 2.28. The van der Waals surface area contributed by atoms with E-state index in [2.05, 4.69) is 4.90 Å². The Labute approximate surface area is 98.8 Å². The number of hydrogen-bond acceptors (Lipinski definition) is 3. The van der Waals surface area contributed by atoms with E-state index in [4.69, 9.17) is 5.73 Å². The second kappa shape index (κ2) is 6.86. The Bertz CT molecular complexity index is 212. The largest absolute Gasteiger partial charge is 0.343 e. The second-order valence-corrected chi connectivity index (χ2v) is 4.63. The Kier molecular flexibility index (Phi) is 5.77. The SMILES string of the molecule is CCN(CC1CCN(CCN)CC1)C(C)=O. The fourth-order valence-corrected chi connectivity index (χ4v) is 2.37. The zero-order valence-electron chi connectivity index (χ0n) is 10.6. The normalized spacial score (nSPS) is 18.7. The van der Waals surface area contributed by atoms with Crippen molar-refractivity contribution in [3.63, 3.8) is 0 Å². The van der Waals surface area contributed by atoms with Crippen molar-refractivity contribution in [2.24, 2.45) is 11.7 Å². The van der Waals surface area contributed by atoms with Gasteiger partial charge in [0.1, 0.15) is 0 Å². The molecule has 0 radical (unpaired) electrons. The minimum atomic E-state index is 0.201. The van der Waals surface area contributed by atoms with E-state index >= 15 is 0 Å². The second-order valence-electron chi connectivity index (χ2n) is 4.63. The molecule has 1 aliphatic rings. The lowest BCUT2D eigenvalue weighted by atomic mass is 9.96. The van der Waals surface area contributed by atoms with Crippen molar-refractivity contribution in [3.05, 3.63) is 0 Å². The summed E-state index contributed by atoms with van der Waals surface area (Å²) in [5, 5.41) is 0. The van der Waals surface area contributed by atoms with Crippen LogP contribution in [0.15, 0.2) is 0 Å². The van der Waals surface area contributed by atoms with Gasteiger partial charge in [0.25, 0.3) is 0 Å². The molecule has 0 aromatic rings. The van der Waals surface area contributed by atoms with Gasteiger partial charge in [-0.15, -0.1) is 0 Å². The van der Waals surface area contributed by atoms with Crippen molar-refractivity contribution in [2.45, 2.75) is 26.7 Å². The van der Waals surface area contributed by atoms with Crippen LogP contribution in [0.5, 0.6) is 0 Å². The minimum absolute atomic E-state index is 0.201. The molecule has 1 saturated heterocycles. The number of likely N-dealkylation sites (tertiary alicyclic amines) is 1. The van der Waals surface area contributed by atoms with Crippen LogP contribution in [-0.4, -0.2) is 55.0 Å². The van der Waals surface area contributed by atoms with Gasteiger partial charge in [-0.1, -0.05) is 0 Å². The first-order valence-electron chi connectivity index (χ1n) is 6.35. The number of piperidine rings is 1. The molecule has 0 saturated carbocycles. The number of hydrogen-bond donors (Lipinski definition) is 1. The topological polar surface area (TPSA) is 49.6 Å². The molecule has 0 bridgehead atoms. The van der Waals surface area contributed by atoms with Crippen LogP contribution in [0.3, 0.4) is 0 Å². The van der Waals surface area contributed by atoms with Gasteiger partial charge in [0.15, 0.2) is 0 Å². The van der Waals surface area contributed by atoms with Crippen molar-refractivity contribution in [2.75, 3.05) is 39.3 Å². The predicted molar refractivity (Wildman–Crippen MR) is 66.1 cm³/mol. The van der Waals surface area contributed by atoms with Crippen LogP contribution in [0.25, 0.3) is 0 Å². The molecule has 4 nitrogen and oxygen atoms in total. The quantitative estimate of drug-likeness (QED) is 0.745. The van der Waals surface area contributed by atoms with E-state index < -0.39 is 0 Å². The number of nitrogens with two attached hydrogens (primary N) is 1. The van der Waals surface area contributed by atoms with Crippen molar-refractivity contribution in [1.29, 1.82) is 0 Å². The van der Waals surface area contributed by atoms with Gasteiger partial charge < -0.3 is 15.5 Å². The Balaban J connectivity index is 2.28. The Morgan fingerprint density at radius 3 is 2.50 bits per heavy atom. The van der Waals surface area contributed by atoms with Crippen molar-refractivity contribution >= 4 is 5.91 Å². The molecule has 0 spiro atoms. The van der Waals surface area contributed by atoms with E-state index in [1.807, 2.05) is 11.8 Å². The van der Waals surface area contributed by atoms with Crippen LogP contribution >= 0.6 is 0 Å². The molecule has 1 aliphatic heterocycles. The fraction of sp³-hybridized carbons (Fsp3) is 0.917. The maximum atomic E-state index is 11.3. The van der Waals surface area contributed by atoms with Crippen LogP contribution in [0.1, 0.15) is 26.7 Å². The summed E-state index contributed by atoms with van der Waals surface area (Å²) in [4.78, 5) is 15.7. The molecular formula is C12H25N3O. The lowest BCUT2D eigenvalue weighted by molar-refractivity contribution is -0.129. The maximum absolute atomic E-state index is 11.3. The molecule has 0 aromatic carbocycles. The highest BCUT2D eigenvalue weighted by Crippen LogP contribution is 2.18. The van der Waals surface area contributed by atoms with Gasteiger partial charge in [-0.3, -0.25) is 4.79 Å². The summed E-state index contributed by atoms with van der Waals surface area (Å²) in [7, 11) is 0. The fourth-order valence-electron chi connectivity index (χ4n) is 2.37. The van der Waals surface area contributed by atoms with Crippen LogP contribution < -0.4 is 5.73 Å². The van der Waals surface area contributed by atoms with Gasteiger partial charge in [-0.2, -0.15) is 0 Å². The molecule has 0 unspecified atom stereocenters. The highest BCUT2D eigenvalue weighted by molar-refractivity contribution is 5.73. The van der Waals surface area contributed by atoms with Gasteiger partial charge in [-0.25, -0.2) is 0 Å². The third-order valence-electron chi connectivity index (χ3n) is 3.46. The molecule has 2 N–H and O–H groups in total. The van der Waals surface area contributed by atoms with E-state index in [0.29, 0.717) is 5.92 Å². The molecule has 1 amide bonds. The Morgan fingerprint density at radius 1 is 1.44 bits per heavy atom. The van der Waals surface area contributed by atoms with Gasteiger partial charge in [0.2, 0.25) is 5.91 Å². The van der Waals surface area contributed by atoms with Gasteiger partial charge in [0.05, 0.1) is 0 Å². The summed E-state index contributed by atoms with van der Waals surface area (Å²) >= 11 is 0. The zero-order chi connectivity index (χ0) is 12.0. The highest BCUT2D eigenvalue weighted by atomic mass is 16.2.